The minimum Gasteiger partial charge on any atom is -0.353 e. The minimum atomic E-state index is -0.524. The van der Waals surface area contributed by atoms with Gasteiger partial charge >= 0.3 is 0 Å². The van der Waals surface area contributed by atoms with E-state index in [1.165, 1.54) is 0 Å². The van der Waals surface area contributed by atoms with E-state index in [1.807, 2.05) is 0 Å². The highest BCUT2D eigenvalue weighted by Crippen LogP contribution is 1.93. The van der Waals surface area contributed by atoms with Gasteiger partial charge in [0.15, 0.2) is 6.29 Å². The maximum absolute atomic E-state index is 11.5. The summed E-state index contributed by atoms with van der Waals surface area (Å²) in [6.07, 6.45) is -0.449. The summed E-state index contributed by atoms with van der Waals surface area (Å²) in [5, 5.41) is 3.25. The fourth-order valence-corrected chi connectivity index (χ4v) is 0.563. The Bertz CT molecular complexity index is 150. The second-order valence-corrected chi connectivity index (χ2v) is 1.95. The Morgan fingerprint density at radius 2 is 2.17 bits per heavy atom. The fraction of sp³-hybridized carbons (Fsp3) is 1.00. The van der Waals surface area contributed by atoms with Crippen LogP contribution in [0, 0.1) is 0 Å². The zero-order valence-electron chi connectivity index (χ0n) is 6.94. The molecule has 1 unspecified atom stereocenters. The molecule has 0 N–H and O–H groups in total. The summed E-state index contributed by atoms with van der Waals surface area (Å²) in [6, 6.07) is 0. The number of hydrogen-bond acceptors (Lipinski definition) is 3. The predicted octanol–water partition coefficient (Wildman–Crippen LogP) is 1.65. The molecule has 1 atom stereocenters. The van der Waals surface area contributed by atoms with Crippen molar-refractivity contribution in [3.63, 3.8) is 0 Å². The van der Waals surface area contributed by atoms with Gasteiger partial charge in [-0.15, -0.1) is 0 Å². The molecular formula is C6H12FN3O2. The molecule has 0 amide bonds. The SMILES string of the molecule is CC(OCCF)OCCN=[N+]=[N-]. The van der Waals surface area contributed by atoms with Gasteiger partial charge in [-0.2, -0.15) is 0 Å². The van der Waals surface area contributed by atoms with E-state index in [2.05, 4.69) is 10.0 Å². The second-order valence-electron chi connectivity index (χ2n) is 1.95. The second kappa shape index (κ2) is 8.26. The molecule has 70 valence electrons. The zero-order chi connectivity index (χ0) is 9.23. The summed E-state index contributed by atoms with van der Waals surface area (Å²) in [5.41, 5.74) is 7.89. The third-order valence-corrected chi connectivity index (χ3v) is 1.04. The number of ether oxygens (including phenoxy) is 2. The number of halogens is 1. The summed E-state index contributed by atoms with van der Waals surface area (Å²) < 4.78 is 21.4. The molecule has 0 radical (unpaired) electrons. The molecule has 0 spiro atoms. The van der Waals surface area contributed by atoms with Crippen molar-refractivity contribution in [3.8, 4) is 0 Å². The highest BCUT2D eigenvalue weighted by Gasteiger charge is 1.99. The van der Waals surface area contributed by atoms with Gasteiger partial charge in [0, 0.05) is 11.5 Å². The number of azide groups is 1. The zero-order valence-corrected chi connectivity index (χ0v) is 6.94. The van der Waals surface area contributed by atoms with Crippen molar-refractivity contribution in [2.45, 2.75) is 13.2 Å². The summed E-state index contributed by atoms with van der Waals surface area (Å²) in [7, 11) is 0. The van der Waals surface area contributed by atoms with Gasteiger partial charge in [-0.25, -0.2) is 4.39 Å². The number of rotatable bonds is 7. The van der Waals surface area contributed by atoms with Crippen LogP contribution >= 0.6 is 0 Å². The van der Waals surface area contributed by atoms with Gasteiger partial charge in [-0.1, -0.05) is 5.11 Å². The molecule has 0 saturated heterocycles. The minimum absolute atomic E-state index is 0.0304. The Morgan fingerprint density at radius 3 is 2.75 bits per heavy atom. The third kappa shape index (κ3) is 7.27. The third-order valence-electron chi connectivity index (χ3n) is 1.04. The van der Waals surface area contributed by atoms with Crippen LogP contribution in [0.5, 0.6) is 0 Å². The summed E-state index contributed by atoms with van der Waals surface area (Å²) in [4.78, 5) is 2.54. The molecule has 0 aromatic rings. The predicted molar refractivity (Wildman–Crippen MR) is 41.4 cm³/mol. The summed E-state index contributed by atoms with van der Waals surface area (Å²) >= 11 is 0. The van der Waals surface area contributed by atoms with E-state index in [0.717, 1.165) is 0 Å². The topological polar surface area (TPSA) is 67.2 Å². The van der Waals surface area contributed by atoms with E-state index in [0.29, 0.717) is 0 Å². The van der Waals surface area contributed by atoms with Crippen LogP contribution in [0.1, 0.15) is 6.92 Å². The highest BCUT2D eigenvalue weighted by molar-refractivity contribution is 4.44. The standard InChI is InChI=1S/C6H12FN3O2/c1-6(11-4-2-7)12-5-3-9-10-8/h6H,2-5H2,1H3. The Balaban J connectivity index is 3.18. The van der Waals surface area contributed by atoms with Crippen molar-refractivity contribution >= 4 is 0 Å². The van der Waals surface area contributed by atoms with Gasteiger partial charge in [0.05, 0.1) is 13.2 Å². The van der Waals surface area contributed by atoms with Gasteiger partial charge in [-0.3, -0.25) is 0 Å². The van der Waals surface area contributed by atoms with Crippen LogP contribution < -0.4 is 0 Å². The maximum atomic E-state index is 11.5. The van der Waals surface area contributed by atoms with Crippen molar-refractivity contribution in [1.29, 1.82) is 0 Å². The van der Waals surface area contributed by atoms with Gasteiger partial charge < -0.3 is 9.47 Å². The summed E-state index contributed by atoms with van der Waals surface area (Å²) in [5.74, 6) is 0. The van der Waals surface area contributed by atoms with Crippen LogP contribution in [0.3, 0.4) is 0 Å². The molecule has 0 aliphatic carbocycles. The first kappa shape index (κ1) is 11.2. The molecule has 12 heavy (non-hydrogen) atoms. The van der Waals surface area contributed by atoms with Crippen LogP contribution in [-0.4, -0.2) is 32.7 Å². The normalized spacial score (nSPS) is 12.2. The molecule has 0 aliphatic heterocycles. The quantitative estimate of drug-likeness (QED) is 0.195. The average Bonchev–Trinajstić information content (AvgIpc) is 2.09. The van der Waals surface area contributed by atoms with Crippen molar-refractivity contribution in [2.24, 2.45) is 5.11 Å². The molecular weight excluding hydrogens is 165 g/mol. The van der Waals surface area contributed by atoms with Crippen LogP contribution in [-0.2, 0) is 9.47 Å². The van der Waals surface area contributed by atoms with Gasteiger partial charge in [0.2, 0.25) is 0 Å². The van der Waals surface area contributed by atoms with Gasteiger partial charge in [0.1, 0.15) is 6.67 Å². The van der Waals surface area contributed by atoms with Crippen molar-refractivity contribution < 1.29 is 13.9 Å². The fourth-order valence-electron chi connectivity index (χ4n) is 0.563. The van der Waals surface area contributed by atoms with E-state index in [9.17, 15) is 4.39 Å². The van der Waals surface area contributed by atoms with Crippen molar-refractivity contribution in [3.05, 3.63) is 10.4 Å². The smallest absolute Gasteiger partial charge is 0.154 e. The van der Waals surface area contributed by atoms with Crippen LogP contribution in [0.2, 0.25) is 0 Å². The van der Waals surface area contributed by atoms with Crippen molar-refractivity contribution in [2.75, 3.05) is 26.4 Å². The Labute approximate surface area is 70.1 Å². The number of hydrogen-bond donors (Lipinski definition) is 0. The molecule has 0 rings (SSSR count). The average molecular weight is 177 g/mol. The maximum Gasteiger partial charge on any atom is 0.154 e. The lowest BCUT2D eigenvalue weighted by molar-refractivity contribution is -0.130. The van der Waals surface area contributed by atoms with E-state index in [1.54, 1.807) is 6.92 Å². The molecule has 0 fully saturated rings. The molecule has 0 aromatic carbocycles. The van der Waals surface area contributed by atoms with Crippen LogP contribution in [0.15, 0.2) is 5.11 Å². The van der Waals surface area contributed by atoms with Gasteiger partial charge in [-0.05, 0) is 12.5 Å². The molecule has 0 heterocycles. The first-order chi connectivity index (χ1) is 5.81. The van der Waals surface area contributed by atoms with Crippen molar-refractivity contribution in [1.82, 2.24) is 0 Å². The Morgan fingerprint density at radius 1 is 1.50 bits per heavy atom. The number of nitrogens with zero attached hydrogens (tertiary/aromatic N) is 3. The highest BCUT2D eigenvalue weighted by atomic mass is 19.1. The summed E-state index contributed by atoms with van der Waals surface area (Å²) in [6.45, 7) is 1.72. The van der Waals surface area contributed by atoms with E-state index < -0.39 is 13.0 Å². The molecule has 0 bridgehead atoms. The lowest BCUT2D eigenvalue weighted by Crippen LogP contribution is -2.16. The molecule has 5 nitrogen and oxygen atoms in total. The van der Waals surface area contributed by atoms with Crippen LogP contribution in [0.25, 0.3) is 10.4 Å². The largest absolute Gasteiger partial charge is 0.353 e. The van der Waals surface area contributed by atoms with Gasteiger partial charge in [0.25, 0.3) is 0 Å². The first-order valence-electron chi connectivity index (χ1n) is 3.61. The number of alkyl halides is 1. The van der Waals surface area contributed by atoms with E-state index in [4.69, 9.17) is 15.0 Å². The lowest BCUT2D eigenvalue weighted by Gasteiger charge is -2.11. The lowest BCUT2D eigenvalue weighted by atomic mass is 10.7. The molecule has 6 heteroatoms. The molecule has 0 saturated carbocycles. The Hall–Kier alpha value is -0.840. The van der Waals surface area contributed by atoms with E-state index >= 15 is 0 Å². The monoisotopic (exact) mass is 177 g/mol. The molecule has 0 aromatic heterocycles. The first-order valence-corrected chi connectivity index (χ1v) is 3.61. The van der Waals surface area contributed by atoms with Crippen LogP contribution in [0.4, 0.5) is 4.39 Å². The van der Waals surface area contributed by atoms with E-state index in [-0.39, 0.29) is 19.8 Å². The molecule has 0 aliphatic rings. The Kier molecular flexibility index (Phi) is 7.68.